The second-order valence-electron chi connectivity index (χ2n) is 7.37. The molecule has 0 aromatic heterocycles. The van der Waals surface area contributed by atoms with Gasteiger partial charge in [0.25, 0.3) is 0 Å². The molecule has 0 radical (unpaired) electrons. The summed E-state index contributed by atoms with van der Waals surface area (Å²) >= 11 is 0. The van der Waals surface area contributed by atoms with E-state index in [-0.39, 0.29) is 0 Å². The van der Waals surface area contributed by atoms with Crippen molar-refractivity contribution >= 4 is 6.72 Å². The molecule has 2 aromatic carbocycles. The molecule has 30 heavy (non-hydrogen) atoms. The topological polar surface area (TPSA) is 55.3 Å². The molecule has 1 N–H and O–H groups in total. The molecule has 2 aromatic rings. The van der Waals surface area contributed by atoms with Crippen molar-refractivity contribution in [3.8, 4) is 11.5 Å². The number of likely N-dealkylation sites (tertiary alicyclic amines) is 1. The van der Waals surface area contributed by atoms with Gasteiger partial charge in [0.1, 0.15) is 0 Å². The fraction of sp³-hybridized carbons (Fsp3) is 0.458. The van der Waals surface area contributed by atoms with Crippen molar-refractivity contribution in [2.75, 3.05) is 26.3 Å². The first kappa shape index (κ1) is 22.1. The van der Waals surface area contributed by atoms with Gasteiger partial charge < -0.3 is 14.3 Å². The van der Waals surface area contributed by atoms with Gasteiger partial charge in [0, 0.05) is 25.4 Å². The summed E-state index contributed by atoms with van der Waals surface area (Å²) in [6.07, 6.45) is 2.20. The van der Waals surface area contributed by atoms with E-state index in [2.05, 4.69) is 46.4 Å². The van der Waals surface area contributed by atoms with Crippen molar-refractivity contribution in [2.45, 2.75) is 46.0 Å². The van der Waals surface area contributed by atoms with E-state index in [1.165, 1.54) is 37.1 Å². The summed E-state index contributed by atoms with van der Waals surface area (Å²) in [4.78, 5) is 8.00. The molecule has 1 aliphatic rings. The maximum Gasteiger partial charge on any atom is 0.204 e. The molecule has 1 aliphatic heterocycles. The lowest BCUT2D eigenvalue weighted by molar-refractivity contribution is 0.0333. The van der Waals surface area contributed by atoms with Gasteiger partial charge in [0.05, 0.1) is 13.2 Å². The number of ether oxygens (including phenoxy) is 2. The molecule has 1 heterocycles. The molecule has 0 saturated carbocycles. The quantitative estimate of drug-likeness (QED) is 0.317. The predicted molar refractivity (Wildman–Crippen MR) is 120 cm³/mol. The number of oxime groups is 1. The van der Waals surface area contributed by atoms with Crippen LogP contribution in [-0.4, -0.2) is 37.9 Å². The molecule has 0 aliphatic carbocycles. The van der Waals surface area contributed by atoms with Crippen molar-refractivity contribution in [1.82, 2.24) is 10.2 Å². The van der Waals surface area contributed by atoms with Gasteiger partial charge in [-0.1, -0.05) is 24.3 Å². The Morgan fingerprint density at radius 3 is 2.30 bits per heavy atom. The molecular weight excluding hydrogens is 378 g/mol. The molecule has 1 atom stereocenters. The Morgan fingerprint density at radius 1 is 0.967 bits per heavy atom. The van der Waals surface area contributed by atoms with Crippen molar-refractivity contribution in [3.05, 3.63) is 59.2 Å². The minimum Gasteiger partial charge on any atom is -0.490 e. The average molecular weight is 412 g/mol. The van der Waals surface area contributed by atoms with E-state index in [1.54, 1.807) is 0 Å². The first-order valence-electron chi connectivity index (χ1n) is 10.8. The van der Waals surface area contributed by atoms with Crippen LogP contribution in [0.5, 0.6) is 11.5 Å². The molecule has 162 valence electrons. The van der Waals surface area contributed by atoms with Crippen molar-refractivity contribution in [1.29, 1.82) is 0 Å². The van der Waals surface area contributed by atoms with Crippen LogP contribution in [-0.2, 0) is 17.9 Å². The van der Waals surface area contributed by atoms with Crippen molar-refractivity contribution in [3.63, 3.8) is 0 Å². The highest BCUT2D eigenvalue weighted by Crippen LogP contribution is 2.31. The zero-order valence-corrected chi connectivity index (χ0v) is 18.1. The Hall–Kier alpha value is -2.57. The van der Waals surface area contributed by atoms with Gasteiger partial charge in [-0.15, -0.1) is 5.16 Å². The van der Waals surface area contributed by atoms with Crippen LogP contribution in [0.15, 0.2) is 47.6 Å². The molecule has 1 saturated heterocycles. The van der Waals surface area contributed by atoms with Gasteiger partial charge in [-0.25, -0.2) is 0 Å². The zero-order valence-electron chi connectivity index (χ0n) is 18.1. The third-order valence-corrected chi connectivity index (χ3v) is 5.17. The fourth-order valence-corrected chi connectivity index (χ4v) is 3.69. The summed E-state index contributed by atoms with van der Waals surface area (Å²) in [6, 6.07) is 14.5. The lowest BCUT2D eigenvalue weighted by Crippen LogP contribution is -2.22. The van der Waals surface area contributed by atoms with Crippen LogP contribution in [0.2, 0.25) is 0 Å². The van der Waals surface area contributed by atoms with Crippen molar-refractivity contribution in [2.24, 2.45) is 5.16 Å². The smallest absolute Gasteiger partial charge is 0.204 e. The second kappa shape index (κ2) is 11.6. The van der Waals surface area contributed by atoms with E-state index in [9.17, 15) is 0 Å². The molecule has 1 fully saturated rings. The van der Waals surface area contributed by atoms with E-state index in [4.69, 9.17) is 14.3 Å². The van der Waals surface area contributed by atoms with Crippen LogP contribution >= 0.6 is 0 Å². The molecule has 3 rings (SSSR count). The van der Waals surface area contributed by atoms with Gasteiger partial charge in [-0.05, 0) is 69.1 Å². The van der Waals surface area contributed by atoms with E-state index < -0.39 is 6.23 Å². The number of hydrogen-bond acceptors (Lipinski definition) is 6. The predicted octanol–water partition coefficient (Wildman–Crippen LogP) is 4.50. The van der Waals surface area contributed by atoms with E-state index >= 15 is 0 Å². The fourth-order valence-electron chi connectivity index (χ4n) is 3.69. The molecule has 0 amide bonds. The number of nitrogens with one attached hydrogen (secondary N) is 1. The Morgan fingerprint density at radius 2 is 1.63 bits per heavy atom. The summed E-state index contributed by atoms with van der Waals surface area (Å²) in [7, 11) is 0. The Labute approximate surface area is 179 Å². The number of nitrogens with zero attached hydrogens (tertiary/aromatic N) is 2. The summed E-state index contributed by atoms with van der Waals surface area (Å²) in [5, 5.41) is 7.04. The Balaban J connectivity index is 1.63. The molecular formula is C24H33N3O3. The lowest BCUT2D eigenvalue weighted by Gasteiger charge is -2.19. The number of hydrogen-bond donors (Lipinski definition) is 1. The first-order valence-corrected chi connectivity index (χ1v) is 10.8. The standard InChI is InChI=1S/C24H33N3O3/c1-4-28-22-13-12-21(16-23(22)29-5-2)24(30-25-3)26-17-19-8-10-20(11-9-19)18-27-14-6-7-15-27/h8-13,16,24,26H,3-7,14-15,17-18H2,1-2H3. The first-order chi connectivity index (χ1) is 14.7. The van der Waals surface area contributed by atoms with Crippen LogP contribution in [0.3, 0.4) is 0 Å². The summed E-state index contributed by atoms with van der Waals surface area (Å²) in [5.41, 5.74) is 3.45. The monoisotopic (exact) mass is 411 g/mol. The SMILES string of the molecule is C=NOC(NCc1ccc(CN2CCCC2)cc1)c1ccc(OCC)c(OCC)c1. The van der Waals surface area contributed by atoms with Gasteiger partial charge in [-0.2, -0.15) is 0 Å². The normalized spacial score (nSPS) is 15.0. The third kappa shape index (κ3) is 6.21. The summed E-state index contributed by atoms with van der Waals surface area (Å²) in [6.45, 7) is 12.6. The highest BCUT2D eigenvalue weighted by Gasteiger charge is 2.16. The second-order valence-corrected chi connectivity index (χ2v) is 7.37. The van der Waals surface area contributed by atoms with Crippen LogP contribution in [0.1, 0.15) is 49.6 Å². The van der Waals surface area contributed by atoms with E-state index in [0.29, 0.717) is 25.5 Å². The number of benzene rings is 2. The van der Waals surface area contributed by atoms with Gasteiger partial charge in [-0.3, -0.25) is 10.2 Å². The molecule has 6 heteroatoms. The highest BCUT2D eigenvalue weighted by atomic mass is 16.6. The van der Waals surface area contributed by atoms with Gasteiger partial charge >= 0.3 is 0 Å². The van der Waals surface area contributed by atoms with Crippen molar-refractivity contribution < 1.29 is 14.3 Å². The van der Waals surface area contributed by atoms with Crippen LogP contribution in [0, 0.1) is 0 Å². The van der Waals surface area contributed by atoms with Gasteiger partial charge in [0.2, 0.25) is 6.23 Å². The maximum absolute atomic E-state index is 5.73. The average Bonchev–Trinajstić information content (AvgIpc) is 3.27. The van der Waals surface area contributed by atoms with Crippen LogP contribution in [0.4, 0.5) is 0 Å². The van der Waals surface area contributed by atoms with Crippen LogP contribution in [0.25, 0.3) is 0 Å². The largest absolute Gasteiger partial charge is 0.490 e. The van der Waals surface area contributed by atoms with E-state index in [0.717, 1.165) is 17.9 Å². The highest BCUT2D eigenvalue weighted by molar-refractivity contribution is 5.43. The zero-order chi connectivity index (χ0) is 21.2. The third-order valence-electron chi connectivity index (χ3n) is 5.17. The van der Waals surface area contributed by atoms with Gasteiger partial charge in [0.15, 0.2) is 11.5 Å². The van der Waals surface area contributed by atoms with E-state index in [1.807, 2.05) is 32.0 Å². The van der Waals surface area contributed by atoms with Crippen LogP contribution < -0.4 is 14.8 Å². The Bertz CT molecular complexity index is 789. The number of rotatable bonds is 12. The molecule has 1 unspecified atom stereocenters. The molecule has 0 bridgehead atoms. The summed E-state index contributed by atoms with van der Waals surface area (Å²) in [5.74, 6) is 1.42. The Kier molecular flexibility index (Phi) is 8.53. The summed E-state index contributed by atoms with van der Waals surface area (Å²) < 4.78 is 11.4. The molecule has 6 nitrogen and oxygen atoms in total. The molecule has 0 spiro atoms. The minimum atomic E-state index is -0.429. The minimum absolute atomic E-state index is 0.429. The lowest BCUT2D eigenvalue weighted by atomic mass is 10.1. The maximum atomic E-state index is 5.73.